The summed E-state index contributed by atoms with van der Waals surface area (Å²) < 4.78 is 25.4. The van der Waals surface area contributed by atoms with E-state index in [1.807, 2.05) is 16.9 Å². The molecule has 1 aromatic carbocycles. The number of nitrogens with zero attached hydrogens (tertiary/aromatic N) is 1. The van der Waals surface area contributed by atoms with E-state index in [0.29, 0.717) is 13.0 Å². The van der Waals surface area contributed by atoms with Crippen LogP contribution in [0.5, 0.6) is 0 Å². The highest BCUT2D eigenvalue weighted by atomic mass is 32.2. The molecule has 0 fully saturated rings. The van der Waals surface area contributed by atoms with E-state index in [9.17, 15) is 22.8 Å². The minimum atomic E-state index is -3.57. The Morgan fingerprint density at radius 1 is 1.07 bits per heavy atom. The van der Waals surface area contributed by atoms with Crippen molar-refractivity contribution in [3.8, 4) is 11.1 Å². The summed E-state index contributed by atoms with van der Waals surface area (Å²) in [5.41, 5.74) is 1.91. The van der Waals surface area contributed by atoms with Crippen LogP contribution in [-0.4, -0.2) is 30.1 Å². The van der Waals surface area contributed by atoms with Crippen molar-refractivity contribution < 1.29 is 13.2 Å². The number of benzene rings is 1. The zero-order valence-corrected chi connectivity index (χ0v) is 16.0. The number of sulfonamides is 1. The molecule has 9 heteroatoms. The van der Waals surface area contributed by atoms with Crippen molar-refractivity contribution in [3.05, 3.63) is 69.4 Å². The van der Waals surface area contributed by atoms with Gasteiger partial charge in [-0.3, -0.25) is 19.1 Å². The lowest BCUT2D eigenvalue weighted by Gasteiger charge is -2.08. The van der Waals surface area contributed by atoms with Crippen molar-refractivity contribution in [2.24, 2.45) is 0 Å². The molecule has 146 valence electrons. The normalized spacial score (nSPS) is 11.5. The van der Waals surface area contributed by atoms with Crippen LogP contribution in [0.4, 0.5) is 0 Å². The van der Waals surface area contributed by atoms with Crippen LogP contribution < -0.4 is 15.8 Å². The van der Waals surface area contributed by atoms with E-state index < -0.39 is 15.9 Å². The minimum absolute atomic E-state index is 0.00411. The molecule has 2 N–H and O–H groups in total. The van der Waals surface area contributed by atoms with Crippen molar-refractivity contribution >= 4 is 26.8 Å². The molecule has 8 nitrogen and oxygen atoms in total. The minimum Gasteiger partial charge on any atom is -0.322 e. The molecule has 0 aliphatic rings. The van der Waals surface area contributed by atoms with Gasteiger partial charge in [0, 0.05) is 36.8 Å². The van der Waals surface area contributed by atoms with Gasteiger partial charge in [-0.25, -0.2) is 8.42 Å². The van der Waals surface area contributed by atoms with Gasteiger partial charge in [0.25, 0.3) is 5.56 Å². The molecule has 0 aliphatic heterocycles. The Kier molecular flexibility index (Phi) is 5.46. The smallest absolute Gasteiger partial charge is 0.251 e. The van der Waals surface area contributed by atoms with Crippen LogP contribution in [-0.2, 0) is 21.4 Å². The van der Waals surface area contributed by atoms with E-state index in [-0.39, 0.29) is 17.5 Å². The zero-order valence-electron chi connectivity index (χ0n) is 15.1. The van der Waals surface area contributed by atoms with Gasteiger partial charge >= 0.3 is 0 Å². The van der Waals surface area contributed by atoms with Gasteiger partial charge < -0.3 is 9.55 Å². The Hall–Kier alpha value is -3.20. The number of fused-ring (bicyclic) bond motifs is 1. The first-order chi connectivity index (χ1) is 13.2. The summed E-state index contributed by atoms with van der Waals surface area (Å²) in [6.45, 7) is 0.301. The molecule has 1 amide bonds. The summed E-state index contributed by atoms with van der Waals surface area (Å²) in [5.74, 6) is -0.596. The third-order valence-electron chi connectivity index (χ3n) is 4.16. The number of aromatic nitrogens is 2. The lowest BCUT2D eigenvalue weighted by atomic mass is 10.0. The number of hydrogen-bond donors (Lipinski definition) is 2. The zero-order chi connectivity index (χ0) is 20.3. The predicted molar refractivity (Wildman–Crippen MR) is 106 cm³/mol. The first kappa shape index (κ1) is 19.6. The highest BCUT2D eigenvalue weighted by Gasteiger charge is 2.08. The molecule has 0 radical (unpaired) electrons. The third-order valence-corrected chi connectivity index (χ3v) is 4.75. The number of amides is 1. The van der Waals surface area contributed by atoms with Crippen LogP contribution >= 0.6 is 0 Å². The second-order valence-electron chi connectivity index (χ2n) is 6.47. The molecule has 2 heterocycles. The molecule has 0 saturated carbocycles. The third kappa shape index (κ3) is 4.95. The van der Waals surface area contributed by atoms with Gasteiger partial charge in [-0.05, 0) is 47.2 Å². The van der Waals surface area contributed by atoms with Gasteiger partial charge in [0.05, 0.1) is 6.26 Å². The number of aromatic amines is 1. The molecule has 28 heavy (non-hydrogen) atoms. The van der Waals surface area contributed by atoms with Crippen LogP contribution in [0.2, 0.25) is 0 Å². The molecule has 0 bridgehead atoms. The van der Waals surface area contributed by atoms with E-state index in [2.05, 4.69) is 4.98 Å². The first-order valence-electron chi connectivity index (χ1n) is 8.56. The van der Waals surface area contributed by atoms with E-state index in [4.69, 9.17) is 0 Å². The van der Waals surface area contributed by atoms with E-state index >= 15 is 0 Å². The molecule has 0 spiro atoms. The Balaban J connectivity index is 1.72. The second-order valence-corrected chi connectivity index (χ2v) is 8.22. The van der Waals surface area contributed by atoms with Crippen molar-refractivity contribution in [3.63, 3.8) is 0 Å². The van der Waals surface area contributed by atoms with E-state index in [0.717, 1.165) is 28.3 Å². The summed E-state index contributed by atoms with van der Waals surface area (Å²) in [7, 11) is -3.57. The summed E-state index contributed by atoms with van der Waals surface area (Å²) in [4.78, 5) is 38.0. The molecular formula is C19H19N3O5S. The summed E-state index contributed by atoms with van der Waals surface area (Å²) in [6.07, 6.45) is 2.90. The number of nitrogens with one attached hydrogen (secondary N) is 2. The van der Waals surface area contributed by atoms with Crippen LogP contribution in [0, 0.1) is 0 Å². The quantitative estimate of drug-likeness (QED) is 0.644. The average molecular weight is 401 g/mol. The maximum absolute atomic E-state index is 12.3. The number of hydrogen-bond acceptors (Lipinski definition) is 5. The van der Waals surface area contributed by atoms with Crippen molar-refractivity contribution in [2.75, 3.05) is 6.26 Å². The number of aryl methyl sites for hydroxylation is 1. The second kappa shape index (κ2) is 7.81. The molecule has 0 atom stereocenters. The molecule has 0 unspecified atom stereocenters. The largest absolute Gasteiger partial charge is 0.322 e. The van der Waals surface area contributed by atoms with E-state index in [1.54, 1.807) is 24.4 Å². The first-order valence-corrected chi connectivity index (χ1v) is 10.4. The fourth-order valence-electron chi connectivity index (χ4n) is 2.87. The summed E-state index contributed by atoms with van der Waals surface area (Å²) in [5, 5.41) is 0.859. The maximum atomic E-state index is 12.3. The van der Waals surface area contributed by atoms with Gasteiger partial charge in [-0.15, -0.1) is 0 Å². The average Bonchev–Trinajstić information content (AvgIpc) is 2.61. The molecule has 2 aromatic heterocycles. The number of pyridine rings is 2. The van der Waals surface area contributed by atoms with Gasteiger partial charge in [-0.2, -0.15) is 0 Å². The van der Waals surface area contributed by atoms with Crippen molar-refractivity contribution in [1.29, 1.82) is 0 Å². The predicted octanol–water partition coefficient (Wildman–Crippen LogP) is 1.21. The lowest BCUT2D eigenvalue weighted by molar-refractivity contribution is -0.119. The Morgan fingerprint density at radius 2 is 1.82 bits per heavy atom. The van der Waals surface area contributed by atoms with Gasteiger partial charge in [0.1, 0.15) is 0 Å². The highest BCUT2D eigenvalue weighted by molar-refractivity contribution is 7.89. The topological polar surface area (TPSA) is 118 Å². The number of rotatable bonds is 6. The van der Waals surface area contributed by atoms with Crippen LogP contribution in [0.25, 0.3) is 22.0 Å². The van der Waals surface area contributed by atoms with Gasteiger partial charge in [0.2, 0.25) is 21.5 Å². The van der Waals surface area contributed by atoms with Crippen LogP contribution in [0.1, 0.15) is 12.8 Å². The van der Waals surface area contributed by atoms with Gasteiger partial charge in [-0.1, -0.05) is 6.07 Å². The van der Waals surface area contributed by atoms with Crippen molar-refractivity contribution in [1.82, 2.24) is 14.3 Å². The Labute approximate surface area is 160 Å². The molecule has 3 aromatic rings. The van der Waals surface area contributed by atoms with E-state index in [1.165, 1.54) is 16.7 Å². The monoisotopic (exact) mass is 401 g/mol. The molecule has 0 aliphatic carbocycles. The summed E-state index contributed by atoms with van der Waals surface area (Å²) in [6, 6.07) is 12.0. The number of carbonyl (C=O) groups is 1. The van der Waals surface area contributed by atoms with Gasteiger partial charge in [0.15, 0.2) is 0 Å². The molecule has 0 saturated heterocycles. The molecule has 3 rings (SSSR count). The summed E-state index contributed by atoms with van der Waals surface area (Å²) >= 11 is 0. The van der Waals surface area contributed by atoms with Crippen LogP contribution in [0.3, 0.4) is 0 Å². The Bertz CT molecular complexity index is 1260. The SMILES string of the molecule is CS(=O)(=O)NC(=O)CCCn1ccc(-c2ccc3[nH]c(=O)ccc3c2)cc1=O. The standard InChI is InChI=1S/C19H19N3O5S/c1-28(26,27)21-18(24)3-2-9-22-10-8-14(12-19(22)25)13-4-6-16-15(11-13)5-7-17(23)20-16/h4-8,10-12H,2-3,9H2,1H3,(H,20,23)(H,21,24). The number of H-pyrrole nitrogens is 1. The maximum Gasteiger partial charge on any atom is 0.251 e. The highest BCUT2D eigenvalue weighted by Crippen LogP contribution is 2.21. The molecular weight excluding hydrogens is 382 g/mol. The van der Waals surface area contributed by atoms with Crippen molar-refractivity contribution in [2.45, 2.75) is 19.4 Å². The van der Waals surface area contributed by atoms with Crippen LogP contribution in [0.15, 0.2) is 58.3 Å². The fourth-order valence-corrected chi connectivity index (χ4v) is 3.39. The lowest BCUT2D eigenvalue weighted by Crippen LogP contribution is -2.29. The number of carbonyl (C=O) groups excluding carboxylic acids is 1. The fraction of sp³-hybridized carbons (Fsp3) is 0.211. The Morgan fingerprint density at radius 3 is 2.54 bits per heavy atom.